The molecule has 4 unspecified atom stereocenters. The molecule has 0 amide bonds. The standard InChI is InChI=1S/C24H38S2Si.C24H36S2Si.C4H8O.C4H9.9CH3.ClH.Li.3Sn/c2*1-5-9-11-19(7-3)17-27(18-20(8-4)12-10-6-2)21-13-15-25-23(21)24-22(27)14-16-26-24;1-2-4-5-3-1;1-3-4-2;;;;;;;;;;;;;;/h13-16,19-20H,5-12,17-18H2,1-4H3;13-14,19-20H,5-12,17-18H2,1-4H3;1-4H2;1,3-4H2,2H3;9*1H3;1H;;;;/q;;;-1;;;;;;;;;;;+1;;;+1/p-1. The Morgan fingerprint density at radius 1 is 0.494 bits per heavy atom. The van der Waals surface area contributed by atoms with Crippen LogP contribution in [-0.4, -0.2) is 83.4 Å². The summed E-state index contributed by atoms with van der Waals surface area (Å²) in [6, 6.07) is 16.8. The molecule has 1 saturated heterocycles. The largest absolute Gasteiger partial charge is 1.00 e. The maximum absolute atomic E-state index is 5.74. The number of ether oxygens (including phenoxy) is 1. The number of hydrogen-bond acceptors (Lipinski definition) is 5. The van der Waals surface area contributed by atoms with E-state index in [-0.39, 0.29) is 18.9 Å². The van der Waals surface area contributed by atoms with Gasteiger partial charge in [-0.2, -0.15) is 6.42 Å². The van der Waals surface area contributed by atoms with Gasteiger partial charge in [0.15, 0.2) is 0 Å². The summed E-state index contributed by atoms with van der Waals surface area (Å²) < 4.78 is 8.62. The Morgan fingerprint density at radius 2 is 0.779 bits per heavy atom. The molecule has 0 saturated carbocycles. The van der Waals surface area contributed by atoms with Gasteiger partial charge in [-0.05, 0) is 57.9 Å². The van der Waals surface area contributed by atoms with Crippen LogP contribution in [0.5, 0.6) is 0 Å². The van der Waals surface area contributed by atoms with Crippen molar-refractivity contribution in [1.82, 2.24) is 0 Å². The van der Waals surface area contributed by atoms with E-state index < -0.39 is 70.2 Å². The van der Waals surface area contributed by atoms with Crippen LogP contribution in [0.25, 0.3) is 19.5 Å². The first-order valence-corrected chi connectivity index (χ1v) is 71.9. The van der Waals surface area contributed by atoms with Gasteiger partial charge in [0.2, 0.25) is 0 Å². The fourth-order valence-electron chi connectivity index (χ4n) is 11.9. The van der Waals surface area contributed by atoms with Gasteiger partial charge in [-0.1, -0.05) is 105 Å². The number of rotatable bonds is 27. The van der Waals surface area contributed by atoms with Crippen LogP contribution in [0.4, 0.5) is 0 Å². The third kappa shape index (κ3) is 23.3. The average Bonchev–Trinajstić information content (AvgIpc) is 4.24. The Labute approximate surface area is 525 Å². The van der Waals surface area contributed by atoms with E-state index in [0.29, 0.717) is 0 Å². The van der Waals surface area contributed by atoms with Crippen LogP contribution in [0.3, 0.4) is 0 Å². The molecule has 12 heteroatoms. The van der Waals surface area contributed by atoms with Crippen molar-refractivity contribution in [3.8, 4) is 19.5 Å². The molecular formula is C65H118ClLiOS4Si2Sn3. The van der Waals surface area contributed by atoms with E-state index in [1.54, 1.807) is 19.5 Å². The predicted molar refractivity (Wildman–Crippen MR) is 373 cm³/mol. The van der Waals surface area contributed by atoms with Gasteiger partial charge in [0.25, 0.3) is 0 Å². The number of fused-ring (bicyclic) bond motifs is 6. The van der Waals surface area contributed by atoms with Crippen molar-refractivity contribution < 1.29 is 23.6 Å². The van der Waals surface area contributed by atoms with E-state index in [1.165, 1.54) is 146 Å². The van der Waals surface area contributed by atoms with Crippen LogP contribution in [0.1, 0.15) is 191 Å². The maximum atomic E-state index is 5.74. The molecule has 77 heavy (non-hydrogen) atoms. The van der Waals surface area contributed by atoms with Crippen molar-refractivity contribution in [2.45, 2.75) is 259 Å². The normalized spacial score (nSPS) is 16.3. The maximum Gasteiger partial charge on any atom is 1.00 e. The van der Waals surface area contributed by atoms with Crippen molar-refractivity contribution >= 4 is 151 Å². The van der Waals surface area contributed by atoms with E-state index in [1.807, 2.05) is 49.2 Å². The average molecular weight is 1500 g/mol. The molecule has 1 fully saturated rings. The quantitative estimate of drug-likeness (QED) is 0.0427. The molecule has 0 aromatic carbocycles. The van der Waals surface area contributed by atoms with E-state index >= 15 is 0 Å². The summed E-state index contributed by atoms with van der Waals surface area (Å²) in [4.78, 5) is 29.2. The van der Waals surface area contributed by atoms with Crippen molar-refractivity contribution in [2.75, 3.05) is 13.2 Å². The van der Waals surface area contributed by atoms with Crippen LogP contribution in [0, 0.1) is 30.6 Å². The fraction of sp³-hybridized carbons (Fsp3) is 0.738. The summed E-state index contributed by atoms with van der Waals surface area (Å²) in [5, 5.41) is 12.2. The third-order valence-electron chi connectivity index (χ3n) is 16.7. The van der Waals surface area contributed by atoms with Crippen molar-refractivity contribution in [3.05, 3.63) is 41.9 Å². The zero-order valence-electron chi connectivity index (χ0n) is 53.8. The molecule has 0 spiro atoms. The molecule has 1 nitrogen and oxygen atoms in total. The van der Waals surface area contributed by atoms with E-state index in [0.717, 1.165) is 43.3 Å². The molecule has 7 rings (SSSR count). The summed E-state index contributed by atoms with van der Waals surface area (Å²) in [6.07, 6.45) is 27.1. The van der Waals surface area contributed by atoms with Crippen LogP contribution in [0.2, 0.25) is 68.6 Å². The van der Waals surface area contributed by atoms with Crippen molar-refractivity contribution in [1.29, 1.82) is 0 Å². The van der Waals surface area contributed by atoms with E-state index in [4.69, 9.17) is 13.7 Å². The van der Waals surface area contributed by atoms with Gasteiger partial charge in [-0.15, -0.1) is 22.7 Å². The Kier molecular flexibility index (Phi) is 37.2. The summed E-state index contributed by atoms with van der Waals surface area (Å²) in [6.45, 7) is 27.0. The predicted octanol–water partition coefficient (Wildman–Crippen LogP) is 18.1. The second-order valence-corrected chi connectivity index (χ2v) is 88.7. The molecule has 4 aromatic heterocycles. The van der Waals surface area contributed by atoms with Gasteiger partial charge in [0.05, 0.1) is 0 Å². The van der Waals surface area contributed by atoms with Crippen LogP contribution >= 0.6 is 54.3 Å². The molecule has 3 aliphatic heterocycles. The Bertz CT molecular complexity index is 2020. The molecule has 3 aliphatic rings. The Balaban J connectivity index is 0.000000423. The SMILES string of the molecule is C1CCOC1.CCCCC(CC)C[Si]1(CC(CC)CCCC)c2c[c]([Sn]([CH3])([CH3])[CH3])sc2-c2s[c]([Sn]([CH3])([CH3])[CH3])cc21.CCCCC(CC)C[Si]1(CC(CC)CCCC)c2ccsc2-c2sccc21.[CH2-]CCC.[CH3][Sn]([CH3])([CH3])[Cl].[Li+]. The first-order valence-electron chi connectivity index (χ1n) is 31.5. The minimum Gasteiger partial charge on any atom is 1.00 e. The van der Waals surface area contributed by atoms with Gasteiger partial charge in [-0.3, -0.25) is 0 Å². The molecule has 0 radical (unpaired) electrons. The summed E-state index contributed by atoms with van der Waals surface area (Å²) in [7, 11) is 2.35. The molecule has 436 valence electrons. The second kappa shape index (κ2) is 37.9. The molecule has 0 bridgehead atoms. The molecular weight excluding hydrogens is 1380 g/mol. The van der Waals surface area contributed by atoms with Crippen LogP contribution < -0.4 is 45.4 Å². The van der Waals surface area contributed by atoms with Gasteiger partial charge in [-0.25, -0.2) is 0 Å². The first-order chi connectivity index (χ1) is 36.0. The van der Waals surface area contributed by atoms with E-state index in [9.17, 15) is 0 Å². The monoisotopic (exact) mass is 1500 g/mol. The Morgan fingerprint density at radius 3 is 1.00 bits per heavy atom. The molecule has 4 atom stereocenters. The van der Waals surface area contributed by atoms with Crippen molar-refractivity contribution in [3.63, 3.8) is 0 Å². The molecule has 7 heterocycles. The minimum atomic E-state index is -2.12. The van der Waals surface area contributed by atoms with Gasteiger partial charge in [0, 0.05) is 23.0 Å². The molecule has 0 N–H and O–H groups in total. The van der Waals surface area contributed by atoms with Crippen molar-refractivity contribution in [2.24, 2.45) is 23.7 Å². The first kappa shape index (κ1) is 75.6. The molecule has 4 aromatic rings. The summed E-state index contributed by atoms with van der Waals surface area (Å²) in [5.74, 6) is 3.65. The minimum absolute atomic E-state index is 0. The summed E-state index contributed by atoms with van der Waals surface area (Å²) in [5.41, 5.74) is 0. The zero-order valence-corrected chi connectivity index (χ0v) is 68.4. The topological polar surface area (TPSA) is 9.23 Å². The van der Waals surface area contributed by atoms with Gasteiger partial charge in [0.1, 0.15) is 8.07 Å². The van der Waals surface area contributed by atoms with Crippen LogP contribution in [0.15, 0.2) is 35.0 Å². The van der Waals surface area contributed by atoms with Gasteiger partial charge < -0.3 is 11.7 Å². The fourth-order valence-corrected chi connectivity index (χ4v) is 43.5. The number of hydrogen-bond donors (Lipinski definition) is 0. The number of halogens is 1. The van der Waals surface area contributed by atoms with Crippen LogP contribution in [-0.2, 0) is 4.74 Å². The van der Waals surface area contributed by atoms with Gasteiger partial charge >= 0.3 is 298 Å². The summed E-state index contributed by atoms with van der Waals surface area (Å²) >= 11 is 2.60. The molecule has 0 aliphatic carbocycles. The second-order valence-electron chi connectivity index (χ2n) is 26.4. The number of thiophene rings is 4. The smallest absolute Gasteiger partial charge is 1.00 e. The van der Waals surface area contributed by atoms with E-state index in [2.05, 4.69) is 171 Å². The Hall–Kier alpha value is 2.48. The zero-order chi connectivity index (χ0) is 56.7. The third-order valence-corrected chi connectivity index (χ3v) is 51.5. The number of unbranched alkanes of at least 4 members (excludes halogenated alkanes) is 5.